The van der Waals surface area contributed by atoms with Crippen molar-refractivity contribution in [1.29, 1.82) is 0 Å². The summed E-state index contributed by atoms with van der Waals surface area (Å²) in [4.78, 5) is 0. The Morgan fingerprint density at radius 1 is 1.23 bits per heavy atom. The number of hydrogen-bond donors (Lipinski definition) is 3. The Morgan fingerprint density at radius 3 is 2.23 bits per heavy atom. The smallest absolute Gasteiger partial charge is 0.390 e. The Morgan fingerprint density at radius 2 is 1.77 bits per heavy atom. The Labute approximate surface area is 72.1 Å². The molecule has 0 unspecified atom stereocenters. The van der Waals surface area contributed by atoms with Crippen LogP contribution in [0.15, 0.2) is 11.6 Å². The van der Waals surface area contributed by atoms with Crippen molar-refractivity contribution in [3.05, 3.63) is 11.6 Å². The van der Waals surface area contributed by atoms with Gasteiger partial charge in [0.25, 0.3) is 0 Å². The minimum atomic E-state index is -4.71. The molecule has 1 aliphatic rings. The average molecular weight is 198 g/mol. The molecule has 0 saturated heterocycles. The summed E-state index contributed by atoms with van der Waals surface area (Å²) in [6.07, 6.45) is -9.32. The van der Waals surface area contributed by atoms with Gasteiger partial charge >= 0.3 is 6.18 Å². The van der Waals surface area contributed by atoms with Crippen LogP contribution in [0.2, 0.25) is 0 Å². The van der Waals surface area contributed by atoms with Crippen LogP contribution >= 0.6 is 0 Å². The number of rotatable bonds is 0. The zero-order valence-corrected chi connectivity index (χ0v) is 6.49. The molecule has 0 aliphatic heterocycles. The second kappa shape index (κ2) is 3.28. The summed E-state index contributed by atoms with van der Waals surface area (Å²) in [6.45, 7) is 0. The molecular formula is C7H9F3O3. The Hall–Kier alpha value is -0.590. The molecule has 3 atom stereocenters. The first kappa shape index (κ1) is 10.5. The summed E-state index contributed by atoms with van der Waals surface area (Å²) in [7, 11) is 0. The van der Waals surface area contributed by atoms with Crippen LogP contribution in [0, 0.1) is 0 Å². The zero-order chi connectivity index (χ0) is 10.2. The maximum absolute atomic E-state index is 12.1. The molecule has 76 valence electrons. The van der Waals surface area contributed by atoms with Gasteiger partial charge in [-0.2, -0.15) is 13.2 Å². The van der Waals surface area contributed by atoms with Crippen LogP contribution in [0.5, 0.6) is 0 Å². The third-order valence-electron chi connectivity index (χ3n) is 1.87. The van der Waals surface area contributed by atoms with Gasteiger partial charge in [0, 0.05) is 6.42 Å². The van der Waals surface area contributed by atoms with Gasteiger partial charge in [0.15, 0.2) is 0 Å². The van der Waals surface area contributed by atoms with Crippen LogP contribution in [0.4, 0.5) is 13.2 Å². The summed E-state index contributed by atoms with van der Waals surface area (Å²) in [6, 6.07) is 0. The van der Waals surface area contributed by atoms with E-state index in [1.54, 1.807) is 0 Å². The molecule has 0 bridgehead atoms. The maximum atomic E-state index is 12.1. The topological polar surface area (TPSA) is 60.7 Å². The first-order valence-electron chi connectivity index (χ1n) is 3.65. The minimum absolute atomic E-state index is 0.277. The molecule has 1 rings (SSSR count). The fraction of sp³-hybridized carbons (Fsp3) is 0.714. The van der Waals surface area contributed by atoms with Crippen molar-refractivity contribution in [3.8, 4) is 0 Å². The van der Waals surface area contributed by atoms with E-state index in [1.165, 1.54) is 0 Å². The number of hydrogen-bond acceptors (Lipinski definition) is 3. The van der Waals surface area contributed by atoms with Gasteiger partial charge in [0.05, 0.1) is 17.8 Å². The summed E-state index contributed by atoms with van der Waals surface area (Å²) < 4.78 is 36.3. The second-order valence-corrected chi connectivity index (χ2v) is 2.94. The summed E-state index contributed by atoms with van der Waals surface area (Å²) in [5.41, 5.74) is -1.28. The van der Waals surface area contributed by atoms with Crippen molar-refractivity contribution in [2.45, 2.75) is 30.9 Å². The third-order valence-corrected chi connectivity index (χ3v) is 1.87. The quantitative estimate of drug-likeness (QED) is 0.479. The van der Waals surface area contributed by atoms with Crippen LogP contribution in [-0.4, -0.2) is 39.8 Å². The lowest BCUT2D eigenvalue weighted by atomic mass is 9.92. The highest BCUT2D eigenvalue weighted by atomic mass is 19.4. The first-order valence-corrected chi connectivity index (χ1v) is 3.65. The molecule has 0 spiro atoms. The van der Waals surface area contributed by atoms with Gasteiger partial charge in [-0.25, -0.2) is 0 Å². The van der Waals surface area contributed by atoms with Gasteiger partial charge in [-0.3, -0.25) is 0 Å². The lowest BCUT2D eigenvalue weighted by molar-refractivity contribution is -0.122. The Kier molecular flexibility index (Phi) is 2.65. The molecule has 1 aliphatic carbocycles. The van der Waals surface area contributed by atoms with Crippen molar-refractivity contribution in [1.82, 2.24) is 0 Å². The van der Waals surface area contributed by atoms with Gasteiger partial charge in [-0.15, -0.1) is 0 Å². The largest absolute Gasteiger partial charge is 0.415 e. The van der Waals surface area contributed by atoms with Crippen molar-refractivity contribution in [2.24, 2.45) is 0 Å². The molecule has 6 heteroatoms. The molecule has 0 amide bonds. The van der Waals surface area contributed by atoms with E-state index in [0.29, 0.717) is 6.08 Å². The molecular weight excluding hydrogens is 189 g/mol. The van der Waals surface area contributed by atoms with Crippen molar-refractivity contribution in [2.75, 3.05) is 0 Å². The molecule has 0 aromatic heterocycles. The normalized spacial score (nSPS) is 35.8. The Bertz CT molecular complexity index is 224. The Balaban J connectivity index is 2.93. The molecule has 0 radical (unpaired) electrons. The molecule has 0 aromatic rings. The highest BCUT2D eigenvalue weighted by molar-refractivity contribution is 5.21. The van der Waals surface area contributed by atoms with Crippen molar-refractivity contribution in [3.63, 3.8) is 0 Å². The van der Waals surface area contributed by atoms with Crippen LogP contribution in [0.1, 0.15) is 6.42 Å². The van der Waals surface area contributed by atoms with E-state index in [1.807, 2.05) is 0 Å². The number of alkyl halides is 3. The van der Waals surface area contributed by atoms with Crippen molar-refractivity contribution >= 4 is 0 Å². The number of aliphatic hydroxyl groups excluding tert-OH is 3. The summed E-state index contributed by atoms with van der Waals surface area (Å²) in [5.74, 6) is 0. The fourth-order valence-corrected chi connectivity index (χ4v) is 1.22. The molecule has 3 N–H and O–H groups in total. The van der Waals surface area contributed by atoms with Crippen LogP contribution in [0.3, 0.4) is 0 Å². The predicted molar refractivity (Wildman–Crippen MR) is 36.8 cm³/mol. The van der Waals surface area contributed by atoms with E-state index in [2.05, 4.69) is 0 Å². The maximum Gasteiger partial charge on any atom is 0.415 e. The summed E-state index contributed by atoms with van der Waals surface area (Å²) >= 11 is 0. The van der Waals surface area contributed by atoms with Gasteiger partial charge in [-0.1, -0.05) is 0 Å². The predicted octanol–water partition coefficient (Wildman–Crippen LogP) is -0.0385. The molecule has 0 heterocycles. The van der Waals surface area contributed by atoms with E-state index in [9.17, 15) is 13.2 Å². The molecule has 0 saturated carbocycles. The molecule has 13 heavy (non-hydrogen) atoms. The van der Waals surface area contributed by atoms with E-state index in [0.717, 1.165) is 0 Å². The van der Waals surface area contributed by atoms with Gasteiger partial charge in [0.2, 0.25) is 0 Å². The van der Waals surface area contributed by atoms with E-state index >= 15 is 0 Å². The molecule has 0 fully saturated rings. The number of halogens is 3. The SMILES string of the molecule is O[C@@H]1C(C(F)(F)F)=C[C@H](O)C[C@@H]1O. The molecule has 0 aromatic carbocycles. The van der Waals surface area contributed by atoms with Gasteiger partial charge in [-0.05, 0) is 6.08 Å². The van der Waals surface area contributed by atoms with E-state index < -0.39 is 30.1 Å². The van der Waals surface area contributed by atoms with Gasteiger partial charge in [0.1, 0.15) is 6.10 Å². The monoisotopic (exact) mass is 198 g/mol. The van der Waals surface area contributed by atoms with E-state index in [4.69, 9.17) is 15.3 Å². The van der Waals surface area contributed by atoms with E-state index in [-0.39, 0.29) is 6.42 Å². The standard InChI is InChI=1S/C7H9F3O3/c8-7(9,10)4-1-3(11)2-5(12)6(4)13/h1,3,5-6,11-13H,2H2/t3-,5-,6+/m0/s1. The lowest BCUT2D eigenvalue weighted by Crippen LogP contribution is -2.40. The number of aliphatic hydroxyl groups is 3. The van der Waals surface area contributed by atoms with Crippen LogP contribution in [-0.2, 0) is 0 Å². The second-order valence-electron chi connectivity index (χ2n) is 2.94. The highest BCUT2D eigenvalue weighted by Gasteiger charge is 2.43. The molecule has 3 nitrogen and oxygen atoms in total. The fourth-order valence-electron chi connectivity index (χ4n) is 1.22. The average Bonchev–Trinajstić information content (AvgIpc) is 1.94. The minimum Gasteiger partial charge on any atom is -0.390 e. The van der Waals surface area contributed by atoms with Crippen LogP contribution in [0.25, 0.3) is 0 Å². The third kappa shape index (κ3) is 2.20. The first-order chi connectivity index (χ1) is 5.82. The highest BCUT2D eigenvalue weighted by Crippen LogP contribution is 2.33. The van der Waals surface area contributed by atoms with Gasteiger partial charge < -0.3 is 15.3 Å². The van der Waals surface area contributed by atoms with Crippen molar-refractivity contribution < 1.29 is 28.5 Å². The van der Waals surface area contributed by atoms with Crippen LogP contribution < -0.4 is 0 Å². The summed E-state index contributed by atoms with van der Waals surface area (Å²) in [5, 5.41) is 26.8. The lowest BCUT2D eigenvalue weighted by Gasteiger charge is -2.28. The zero-order valence-electron chi connectivity index (χ0n) is 6.49.